The maximum absolute atomic E-state index is 13.1. The van der Waals surface area contributed by atoms with Gasteiger partial charge in [0.25, 0.3) is 5.91 Å². The molecule has 1 aromatic rings. The monoisotopic (exact) mass is 436 g/mol. The number of nitriles is 1. The Kier molecular flexibility index (Phi) is 6.64. The van der Waals surface area contributed by atoms with Gasteiger partial charge in [-0.2, -0.15) is 18.4 Å². The number of benzene rings is 1. The van der Waals surface area contributed by atoms with Gasteiger partial charge >= 0.3 is 12.2 Å². The average Bonchev–Trinajstić information content (AvgIpc) is 2.94. The van der Waals surface area contributed by atoms with Crippen molar-refractivity contribution < 1.29 is 22.8 Å². The molecule has 0 bridgehead atoms. The van der Waals surface area contributed by atoms with Crippen molar-refractivity contribution in [1.82, 2.24) is 10.2 Å². The minimum Gasteiger partial charge on any atom is -0.369 e. The molecule has 3 N–H and O–H groups in total. The van der Waals surface area contributed by atoms with Crippen molar-refractivity contribution >= 4 is 23.6 Å². The molecule has 11 heteroatoms. The molecule has 0 radical (unpaired) electrons. The molecule has 166 valence electrons. The third-order valence-corrected chi connectivity index (χ3v) is 4.38. The van der Waals surface area contributed by atoms with Gasteiger partial charge in [-0.05, 0) is 45.9 Å². The lowest BCUT2D eigenvalue weighted by molar-refractivity contribution is -0.137. The first kappa shape index (κ1) is 23.7. The molecule has 31 heavy (non-hydrogen) atoms. The first-order valence-corrected chi connectivity index (χ1v) is 9.31. The first-order valence-electron chi connectivity index (χ1n) is 9.31. The third kappa shape index (κ3) is 5.53. The zero-order chi connectivity index (χ0) is 23.6. The lowest BCUT2D eigenvalue weighted by atomic mass is 10.1. The third-order valence-electron chi connectivity index (χ3n) is 4.38. The van der Waals surface area contributed by atoms with Crippen LogP contribution in [0.1, 0.15) is 33.3 Å². The number of nitrogens with two attached hydrogens (primary N) is 1. The number of halogens is 3. The minimum absolute atomic E-state index is 0.0198. The van der Waals surface area contributed by atoms with Crippen LogP contribution in [0.5, 0.6) is 0 Å². The second-order valence-electron chi connectivity index (χ2n) is 7.86. The maximum atomic E-state index is 13.1. The quantitative estimate of drug-likeness (QED) is 0.327. The fourth-order valence-electron chi connectivity index (χ4n) is 2.99. The molecule has 1 aliphatic rings. The molecule has 1 heterocycles. The summed E-state index contributed by atoms with van der Waals surface area (Å²) in [5.41, 5.74) is 3.89. The van der Waals surface area contributed by atoms with Crippen LogP contribution in [-0.2, 0) is 11.0 Å². The van der Waals surface area contributed by atoms with Crippen LogP contribution < -0.4 is 16.0 Å². The van der Waals surface area contributed by atoms with Crippen molar-refractivity contribution in [2.75, 3.05) is 11.4 Å². The molecule has 0 aromatic heterocycles. The van der Waals surface area contributed by atoms with E-state index in [2.05, 4.69) is 10.3 Å². The molecule has 0 aliphatic carbocycles. The van der Waals surface area contributed by atoms with Crippen LogP contribution in [0.4, 0.5) is 23.7 Å². The molecule has 3 amide bonds. The van der Waals surface area contributed by atoms with Gasteiger partial charge in [-0.15, -0.1) is 0 Å². The number of anilines is 1. The van der Waals surface area contributed by atoms with Gasteiger partial charge in [0.05, 0.1) is 23.8 Å². The number of rotatable bonds is 4. The Balaban J connectivity index is 2.36. The van der Waals surface area contributed by atoms with Gasteiger partial charge in [0.1, 0.15) is 11.6 Å². The number of hydrogen-bond donors (Lipinski definition) is 2. The average molecular weight is 436 g/mol. The summed E-state index contributed by atoms with van der Waals surface area (Å²) in [6, 6.07) is 4.91. The van der Waals surface area contributed by atoms with Gasteiger partial charge < -0.3 is 16.0 Å². The van der Waals surface area contributed by atoms with Gasteiger partial charge in [-0.1, -0.05) is 6.07 Å². The molecule has 8 nitrogen and oxygen atoms in total. The summed E-state index contributed by atoms with van der Waals surface area (Å²) < 4.78 is 39.2. The van der Waals surface area contributed by atoms with Gasteiger partial charge in [0.2, 0.25) is 5.96 Å². The van der Waals surface area contributed by atoms with Crippen LogP contribution in [0.3, 0.4) is 0 Å². The van der Waals surface area contributed by atoms with Crippen LogP contribution >= 0.6 is 0 Å². The Hall–Kier alpha value is -3.55. The number of hydrogen-bond acceptors (Lipinski definition) is 4. The fourth-order valence-corrected chi connectivity index (χ4v) is 2.99. The van der Waals surface area contributed by atoms with Crippen LogP contribution in [-0.4, -0.2) is 40.9 Å². The number of carbonyl (C=O) groups is 2. The zero-order valence-corrected chi connectivity index (χ0v) is 17.5. The van der Waals surface area contributed by atoms with E-state index in [9.17, 15) is 28.0 Å². The van der Waals surface area contributed by atoms with Crippen molar-refractivity contribution in [1.29, 1.82) is 5.26 Å². The molecule has 1 aliphatic heterocycles. The molecule has 1 aromatic carbocycles. The number of alkyl halides is 3. The van der Waals surface area contributed by atoms with E-state index in [1.54, 1.807) is 33.8 Å². The molecule has 1 fully saturated rings. The lowest BCUT2D eigenvalue weighted by Crippen LogP contribution is -2.40. The van der Waals surface area contributed by atoms with Gasteiger partial charge in [0.15, 0.2) is 0 Å². The second-order valence-corrected chi connectivity index (χ2v) is 7.86. The highest BCUT2D eigenvalue weighted by Crippen LogP contribution is 2.32. The van der Waals surface area contributed by atoms with Crippen molar-refractivity contribution in [3.63, 3.8) is 0 Å². The van der Waals surface area contributed by atoms with Gasteiger partial charge in [-0.25, -0.2) is 9.79 Å². The Morgan fingerprint density at radius 1 is 1.42 bits per heavy atom. The van der Waals surface area contributed by atoms with Gasteiger partial charge in [-0.3, -0.25) is 9.69 Å². The topological polar surface area (TPSA) is 115 Å². The summed E-state index contributed by atoms with van der Waals surface area (Å²) in [6.45, 7) is 7.00. The SMILES string of the molecule is CC(C)N(C(=O)/C(C#N)=C/N=C(N)N1CC(C)(C)NC1=O)c1cccc(C(F)(F)F)c1. The number of urea groups is 1. The summed E-state index contributed by atoms with van der Waals surface area (Å²) in [4.78, 5) is 31.0. The molecular formula is C20H23F3N6O2. The predicted molar refractivity (Wildman–Crippen MR) is 109 cm³/mol. The first-order chi connectivity index (χ1) is 14.3. The van der Waals surface area contributed by atoms with Crippen molar-refractivity contribution in [3.05, 3.63) is 41.6 Å². The number of aliphatic imine (C=N–C) groups is 1. The van der Waals surface area contributed by atoms with E-state index in [1.165, 1.54) is 12.1 Å². The number of amides is 3. The lowest BCUT2D eigenvalue weighted by Gasteiger charge is -2.27. The van der Waals surface area contributed by atoms with Crippen molar-refractivity contribution in [2.45, 2.75) is 45.5 Å². The second kappa shape index (κ2) is 8.67. The predicted octanol–water partition coefficient (Wildman–Crippen LogP) is 2.97. The van der Waals surface area contributed by atoms with E-state index in [4.69, 9.17) is 5.73 Å². The Labute approximate surface area is 177 Å². The Bertz CT molecular complexity index is 976. The summed E-state index contributed by atoms with van der Waals surface area (Å²) in [6.07, 6.45) is -3.68. The van der Waals surface area contributed by atoms with Gasteiger partial charge in [0, 0.05) is 11.7 Å². The minimum atomic E-state index is -4.58. The summed E-state index contributed by atoms with van der Waals surface area (Å²) in [5, 5.41) is 12.1. The van der Waals surface area contributed by atoms with E-state index >= 15 is 0 Å². The van der Waals surface area contributed by atoms with Crippen molar-refractivity contribution in [2.24, 2.45) is 10.7 Å². The Morgan fingerprint density at radius 2 is 2.06 bits per heavy atom. The summed E-state index contributed by atoms with van der Waals surface area (Å²) in [5.74, 6) is -1.07. The van der Waals surface area contributed by atoms with E-state index in [0.29, 0.717) is 0 Å². The molecule has 0 saturated carbocycles. The number of carbonyl (C=O) groups excluding carboxylic acids is 2. The molecule has 0 spiro atoms. The molecule has 0 unspecified atom stereocenters. The van der Waals surface area contributed by atoms with E-state index < -0.39 is 40.8 Å². The smallest absolute Gasteiger partial charge is 0.369 e. The van der Waals surface area contributed by atoms with E-state index in [1.807, 2.05) is 0 Å². The highest BCUT2D eigenvalue weighted by atomic mass is 19.4. The molecular weight excluding hydrogens is 413 g/mol. The highest BCUT2D eigenvalue weighted by Gasteiger charge is 2.36. The normalized spacial score (nSPS) is 16.9. The van der Waals surface area contributed by atoms with Crippen LogP contribution in [0.2, 0.25) is 0 Å². The zero-order valence-electron chi connectivity index (χ0n) is 17.5. The summed E-state index contributed by atoms with van der Waals surface area (Å²) >= 11 is 0. The standard InChI is InChI=1S/C20H23F3N6O2/c1-12(2)29(15-7-5-6-14(8-15)20(21,22)23)16(30)13(9-24)10-26-17(25)28-11-19(3,4)27-18(28)31/h5-8,10,12H,11H2,1-4H3,(H2,25,26)(H,27,31)/b13-10+. The van der Waals surface area contributed by atoms with E-state index in [0.717, 1.165) is 28.1 Å². The fraction of sp³-hybridized carbons (Fsp3) is 0.400. The largest absolute Gasteiger partial charge is 0.416 e. The number of guanidine groups is 1. The highest BCUT2D eigenvalue weighted by molar-refractivity contribution is 6.09. The molecule has 2 rings (SSSR count). The van der Waals surface area contributed by atoms with Crippen molar-refractivity contribution in [3.8, 4) is 6.07 Å². The maximum Gasteiger partial charge on any atom is 0.416 e. The van der Waals surface area contributed by atoms with Crippen LogP contribution in [0.15, 0.2) is 41.0 Å². The van der Waals surface area contributed by atoms with E-state index in [-0.39, 0.29) is 18.2 Å². The molecule has 0 atom stereocenters. The number of nitrogens with zero attached hydrogens (tertiary/aromatic N) is 4. The summed E-state index contributed by atoms with van der Waals surface area (Å²) in [7, 11) is 0. The molecule has 1 saturated heterocycles. The Morgan fingerprint density at radius 3 is 2.55 bits per heavy atom. The van der Waals surface area contributed by atoms with Crippen LogP contribution in [0.25, 0.3) is 0 Å². The number of nitrogens with one attached hydrogen (secondary N) is 1. The van der Waals surface area contributed by atoms with Crippen LogP contribution in [0, 0.1) is 11.3 Å².